The highest BCUT2D eigenvalue weighted by Crippen LogP contribution is 1.95. The van der Waals surface area contributed by atoms with Crippen LogP contribution in [0.5, 0.6) is 0 Å². The molecule has 15 heavy (non-hydrogen) atoms. The van der Waals surface area contributed by atoms with Crippen LogP contribution in [0.25, 0.3) is 0 Å². The Labute approximate surface area is 90.5 Å². The van der Waals surface area contributed by atoms with Gasteiger partial charge in [0, 0.05) is 25.2 Å². The van der Waals surface area contributed by atoms with Crippen LogP contribution in [-0.2, 0) is 0 Å². The molecule has 0 bridgehead atoms. The molecule has 0 aromatic carbocycles. The summed E-state index contributed by atoms with van der Waals surface area (Å²) in [4.78, 5) is 9.95. The zero-order chi connectivity index (χ0) is 11.7. The van der Waals surface area contributed by atoms with Crippen LogP contribution in [0.15, 0.2) is 36.1 Å². The maximum Gasteiger partial charge on any atom is 0.266 e. The molecule has 0 unspecified atom stereocenters. The molecule has 0 amide bonds. The lowest BCUT2D eigenvalue weighted by atomic mass is 10.2. The summed E-state index contributed by atoms with van der Waals surface area (Å²) in [5.41, 5.74) is 1.28. The van der Waals surface area contributed by atoms with Crippen LogP contribution in [0, 0.1) is 10.1 Å². The summed E-state index contributed by atoms with van der Waals surface area (Å²) in [5, 5.41) is 13.5. The van der Waals surface area contributed by atoms with Gasteiger partial charge in [0.15, 0.2) is 0 Å². The summed E-state index contributed by atoms with van der Waals surface area (Å²) in [7, 11) is 0. The van der Waals surface area contributed by atoms with Gasteiger partial charge in [-0.1, -0.05) is 25.2 Å². The highest BCUT2D eigenvalue weighted by atomic mass is 16.6. The lowest BCUT2D eigenvalue weighted by molar-refractivity contribution is -0.419. The molecule has 0 fully saturated rings. The number of hydrogen-bond donors (Lipinski definition) is 1. The second-order valence-corrected chi connectivity index (χ2v) is 3.18. The number of rotatable bonds is 7. The van der Waals surface area contributed by atoms with Gasteiger partial charge in [0.1, 0.15) is 0 Å². The highest BCUT2D eigenvalue weighted by Gasteiger charge is 2.02. The summed E-state index contributed by atoms with van der Waals surface area (Å²) >= 11 is 0. The molecule has 0 aromatic heterocycles. The van der Waals surface area contributed by atoms with E-state index in [1.54, 1.807) is 0 Å². The molecule has 84 valence electrons. The molecule has 0 rings (SSSR count). The van der Waals surface area contributed by atoms with Gasteiger partial charge in [-0.15, -0.1) is 0 Å². The minimum Gasteiger partial charge on any atom is -0.309 e. The van der Waals surface area contributed by atoms with Crippen LogP contribution in [0.2, 0.25) is 0 Å². The average molecular weight is 210 g/mol. The van der Waals surface area contributed by atoms with Crippen molar-refractivity contribution in [2.45, 2.75) is 20.3 Å². The van der Waals surface area contributed by atoms with Crippen molar-refractivity contribution in [2.24, 2.45) is 0 Å². The number of allylic oxidation sites excluding steroid dienone is 2. The van der Waals surface area contributed by atoms with E-state index >= 15 is 0 Å². The molecule has 0 heterocycles. The Kier molecular flexibility index (Phi) is 7.18. The van der Waals surface area contributed by atoms with Crippen molar-refractivity contribution in [2.75, 3.05) is 13.1 Å². The quantitative estimate of drug-likeness (QED) is 0.230. The van der Waals surface area contributed by atoms with Gasteiger partial charge in [-0.05, 0) is 13.3 Å². The largest absolute Gasteiger partial charge is 0.309 e. The fourth-order valence-electron chi connectivity index (χ4n) is 1.10. The van der Waals surface area contributed by atoms with Crippen LogP contribution in [-0.4, -0.2) is 18.0 Å². The van der Waals surface area contributed by atoms with Crippen LogP contribution in [0.3, 0.4) is 0 Å². The molecular formula is C11H18N2O2. The smallest absolute Gasteiger partial charge is 0.266 e. The van der Waals surface area contributed by atoms with Crippen molar-refractivity contribution in [3.8, 4) is 0 Å². The number of nitro groups is 1. The third-order valence-electron chi connectivity index (χ3n) is 1.83. The van der Waals surface area contributed by atoms with Gasteiger partial charge >= 0.3 is 0 Å². The minimum atomic E-state index is -0.441. The SMILES string of the molecule is C=C/C(=C\CNC/C(C)=C/CC)[N+](=O)[O-]. The van der Waals surface area contributed by atoms with Gasteiger partial charge < -0.3 is 5.32 Å². The first-order valence-electron chi connectivity index (χ1n) is 4.95. The van der Waals surface area contributed by atoms with Crippen molar-refractivity contribution in [3.05, 3.63) is 46.2 Å². The molecule has 0 spiro atoms. The number of hydrogen-bond acceptors (Lipinski definition) is 3. The summed E-state index contributed by atoms with van der Waals surface area (Å²) in [6.45, 7) is 8.72. The first-order valence-corrected chi connectivity index (χ1v) is 4.95. The standard InChI is InChI=1S/C11H18N2O2/c1-4-6-10(3)9-12-8-7-11(5-2)13(14)15/h5-7,12H,2,4,8-9H2,1,3H3/b10-6+,11-7+. The third kappa shape index (κ3) is 6.62. The first kappa shape index (κ1) is 13.6. The predicted octanol–water partition coefficient (Wildman–Crippen LogP) is 2.28. The number of nitrogens with one attached hydrogen (secondary N) is 1. The second-order valence-electron chi connectivity index (χ2n) is 3.18. The molecule has 1 N–H and O–H groups in total. The Morgan fingerprint density at radius 3 is 2.67 bits per heavy atom. The minimum absolute atomic E-state index is 0.0413. The van der Waals surface area contributed by atoms with Crippen LogP contribution in [0.1, 0.15) is 20.3 Å². The van der Waals surface area contributed by atoms with E-state index in [9.17, 15) is 10.1 Å². The van der Waals surface area contributed by atoms with E-state index in [4.69, 9.17) is 0 Å². The van der Waals surface area contributed by atoms with E-state index in [0.717, 1.165) is 13.0 Å². The van der Waals surface area contributed by atoms with E-state index in [1.165, 1.54) is 17.7 Å². The third-order valence-corrected chi connectivity index (χ3v) is 1.83. The fourth-order valence-corrected chi connectivity index (χ4v) is 1.10. The average Bonchev–Trinajstić information content (AvgIpc) is 2.17. The van der Waals surface area contributed by atoms with Gasteiger partial charge in [0.25, 0.3) is 5.70 Å². The molecule has 0 aliphatic carbocycles. The topological polar surface area (TPSA) is 55.2 Å². The Hall–Kier alpha value is -1.42. The first-order chi connectivity index (χ1) is 7.11. The summed E-state index contributed by atoms with van der Waals surface area (Å²) in [6.07, 6.45) is 5.90. The van der Waals surface area contributed by atoms with E-state index in [-0.39, 0.29) is 5.70 Å². The molecule has 0 aliphatic heterocycles. The molecular weight excluding hydrogens is 192 g/mol. The highest BCUT2D eigenvalue weighted by molar-refractivity contribution is 5.08. The zero-order valence-corrected chi connectivity index (χ0v) is 9.32. The lowest BCUT2D eigenvalue weighted by Gasteiger charge is -2.01. The molecule has 4 nitrogen and oxygen atoms in total. The van der Waals surface area contributed by atoms with Crippen molar-refractivity contribution >= 4 is 0 Å². The predicted molar refractivity (Wildman–Crippen MR) is 62.2 cm³/mol. The van der Waals surface area contributed by atoms with Crippen molar-refractivity contribution in [3.63, 3.8) is 0 Å². The van der Waals surface area contributed by atoms with Gasteiger partial charge in [0.05, 0.1) is 4.92 Å². The molecule has 0 saturated heterocycles. The molecule has 0 aliphatic rings. The normalized spacial score (nSPS) is 12.7. The molecule has 0 radical (unpaired) electrons. The van der Waals surface area contributed by atoms with Gasteiger partial charge in [0.2, 0.25) is 0 Å². The second kappa shape index (κ2) is 7.94. The maximum atomic E-state index is 10.4. The van der Waals surface area contributed by atoms with Crippen LogP contribution < -0.4 is 5.32 Å². The van der Waals surface area contributed by atoms with Gasteiger partial charge in [-0.2, -0.15) is 0 Å². The maximum absolute atomic E-state index is 10.4. The van der Waals surface area contributed by atoms with E-state index < -0.39 is 4.92 Å². The van der Waals surface area contributed by atoms with Crippen molar-refractivity contribution < 1.29 is 4.92 Å². The van der Waals surface area contributed by atoms with E-state index in [1.807, 2.05) is 6.92 Å². The Bertz CT molecular complexity index is 280. The van der Waals surface area contributed by atoms with Crippen LogP contribution in [0.4, 0.5) is 0 Å². The van der Waals surface area contributed by atoms with Crippen molar-refractivity contribution in [1.82, 2.24) is 5.32 Å². The van der Waals surface area contributed by atoms with Gasteiger partial charge in [-0.25, -0.2) is 0 Å². The Morgan fingerprint density at radius 2 is 2.20 bits per heavy atom. The lowest BCUT2D eigenvalue weighted by Crippen LogP contribution is -2.16. The van der Waals surface area contributed by atoms with Crippen molar-refractivity contribution in [1.29, 1.82) is 0 Å². The summed E-state index contributed by atoms with van der Waals surface area (Å²) in [6, 6.07) is 0. The van der Waals surface area contributed by atoms with E-state index in [0.29, 0.717) is 6.54 Å². The van der Waals surface area contributed by atoms with E-state index in [2.05, 4.69) is 24.9 Å². The Morgan fingerprint density at radius 1 is 1.53 bits per heavy atom. The fraction of sp³-hybridized carbons (Fsp3) is 0.455. The molecule has 0 aromatic rings. The monoisotopic (exact) mass is 210 g/mol. The molecule has 4 heteroatoms. The summed E-state index contributed by atoms with van der Waals surface area (Å²) in [5.74, 6) is 0. The number of nitrogens with zero attached hydrogens (tertiary/aromatic N) is 1. The van der Waals surface area contributed by atoms with Gasteiger partial charge in [-0.3, -0.25) is 10.1 Å². The molecule has 0 atom stereocenters. The summed E-state index contributed by atoms with van der Waals surface area (Å²) < 4.78 is 0. The molecule has 0 saturated carbocycles. The zero-order valence-electron chi connectivity index (χ0n) is 9.32. The Balaban J connectivity index is 3.92. The van der Waals surface area contributed by atoms with Crippen LogP contribution >= 0.6 is 0 Å².